The van der Waals surface area contributed by atoms with Gasteiger partial charge in [-0.05, 0) is 38.0 Å². The summed E-state index contributed by atoms with van der Waals surface area (Å²) in [6.45, 7) is 6.13. The van der Waals surface area contributed by atoms with E-state index < -0.39 is 0 Å². The van der Waals surface area contributed by atoms with Crippen LogP contribution in [0.15, 0.2) is 28.7 Å². The highest BCUT2D eigenvalue weighted by Crippen LogP contribution is 2.35. The van der Waals surface area contributed by atoms with E-state index in [1.54, 1.807) is 0 Å². The summed E-state index contributed by atoms with van der Waals surface area (Å²) in [5.41, 5.74) is 2.36. The molecule has 1 aliphatic rings. The predicted octanol–water partition coefficient (Wildman–Crippen LogP) is 5.82. The maximum atomic E-state index is 5.96. The van der Waals surface area contributed by atoms with Gasteiger partial charge in [0.15, 0.2) is 0 Å². The molecule has 3 rings (SSSR count). The van der Waals surface area contributed by atoms with Gasteiger partial charge in [-0.3, -0.25) is 0 Å². The standard InChI is InChI=1S/C15H18O.C2H6/c1-11-7-8-14-13(9-11)10-15(16-14)12-5-3-2-4-6-12;1-2/h7-10,12H,2-6H2,1H3;1-2H3. The summed E-state index contributed by atoms with van der Waals surface area (Å²) in [7, 11) is 0. The maximum absolute atomic E-state index is 5.96. The summed E-state index contributed by atoms with van der Waals surface area (Å²) in [6.07, 6.45) is 6.73. The molecule has 98 valence electrons. The lowest BCUT2D eigenvalue weighted by molar-refractivity contribution is 0.385. The summed E-state index contributed by atoms with van der Waals surface area (Å²) >= 11 is 0. The lowest BCUT2D eigenvalue weighted by Gasteiger charge is -2.18. The first kappa shape index (κ1) is 13.2. The Hall–Kier alpha value is -1.24. The monoisotopic (exact) mass is 244 g/mol. The molecule has 1 nitrogen and oxygen atoms in total. The van der Waals surface area contributed by atoms with Crippen molar-refractivity contribution in [2.24, 2.45) is 0 Å². The molecule has 0 N–H and O–H groups in total. The third kappa shape index (κ3) is 2.77. The Kier molecular flexibility index (Phi) is 4.46. The third-order valence-corrected chi connectivity index (χ3v) is 3.70. The average molecular weight is 244 g/mol. The molecular formula is C17H24O. The molecule has 0 spiro atoms. The summed E-state index contributed by atoms with van der Waals surface area (Å²) in [5.74, 6) is 1.88. The van der Waals surface area contributed by atoms with Gasteiger partial charge >= 0.3 is 0 Å². The van der Waals surface area contributed by atoms with Gasteiger partial charge < -0.3 is 4.42 Å². The summed E-state index contributed by atoms with van der Waals surface area (Å²) in [4.78, 5) is 0. The summed E-state index contributed by atoms with van der Waals surface area (Å²) in [5, 5.41) is 1.26. The zero-order valence-corrected chi connectivity index (χ0v) is 11.8. The molecule has 1 aromatic carbocycles. The quantitative estimate of drug-likeness (QED) is 0.616. The minimum atomic E-state index is 0.668. The first-order valence-electron chi connectivity index (χ1n) is 7.33. The fourth-order valence-corrected chi connectivity index (χ4v) is 2.77. The van der Waals surface area contributed by atoms with Crippen LogP contribution in [0.2, 0.25) is 0 Å². The van der Waals surface area contributed by atoms with Crippen LogP contribution in [0.1, 0.15) is 63.2 Å². The van der Waals surface area contributed by atoms with Crippen molar-refractivity contribution in [1.82, 2.24) is 0 Å². The average Bonchev–Trinajstić information content (AvgIpc) is 2.85. The SMILES string of the molecule is CC.Cc1ccc2oc(C3CCCCC3)cc2c1. The molecule has 0 atom stereocenters. The highest BCUT2D eigenvalue weighted by Gasteiger charge is 2.19. The Bertz CT molecular complexity index is 489. The molecule has 0 amide bonds. The lowest BCUT2D eigenvalue weighted by atomic mass is 9.87. The first-order chi connectivity index (χ1) is 8.83. The molecule has 0 unspecified atom stereocenters. The van der Waals surface area contributed by atoms with Crippen molar-refractivity contribution in [3.8, 4) is 0 Å². The second kappa shape index (κ2) is 6.08. The molecule has 1 heteroatoms. The summed E-state index contributed by atoms with van der Waals surface area (Å²) < 4.78 is 5.96. The van der Waals surface area contributed by atoms with Gasteiger partial charge in [-0.15, -0.1) is 0 Å². The van der Waals surface area contributed by atoms with Crippen molar-refractivity contribution in [1.29, 1.82) is 0 Å². The molecule has 1 saturated carbocycles. The maximum Gasteiger partial charge on any atom is 0.134 e. The van der Waals surface area contributed by atoms with Gasteiger partial charge in [0.1, 0.15) is 11.3 Å². The van der Waals surface area contributed by atoms with Crippen molar-refractivity contribution in [3.63, 3.8) is 0 Å². The molecule has 2 aromatic rings. The van der Waals surface area contributed by atoms with Gasteiger partial charge in [0.25, 0.3) is 0 Å². The van der Waals surface area contributed by atoms with Gasteiger partial charge in [-0.25, -0.2) is 0 Å². The third-order valence-electron chi connectivity index (χ3n) is 3.70. The van der Waals surface area contributed by atoms with Gasteiger partial charge in [-0.2, -0.15) is 0 Å². The van der Waals surface area contributed by atoms with E-state index in [0.29, 0.717) is 5.92 Å². The van der Waals surface area contributed by atoms with Gasteiger partial charge in [0, 0.05) is 11.3 Å². The lowest BCUT2D eigenvalue weighted by Crippen LogP contribution is -2.02. The smallest absolute Gasteiger partial charge is 0.134 e. The van der Waals surface area contributed by atoms with Crippen LogP contribution >= 0.6 is 0 Å². The highest BCUT2D eigenvalue weighted by molar-refractivity contribution is 5.78. The summed E-state index contributed by atoms with van der Waals surface area (Å²) in [6, 6.07) is 8.68. The van der Waals surface area contributed by atoms with Crippen LogP contribution in [0.5, 0.6) is 0 Å². The molecular weight excluding hydrogens is 220 g/mol. The highest BCUT2D eigenvalue weighted by atomic mass is 16.3. The van der Waals surface area contributed by atoms with Gasteiger partial charge in [0.2, 0.25) is 0 Å². The molecule has 1 aliphatic carbocycles. The van der Waals surface area contributed by atoms with E-state index in [9.17, 15) is 0 Å². The predicted molar refractivity (Wildman–Crippen MR) is 78.1 cm³/mol. The number of furan rings is 1. The zero-order chi connectivity index (χ0) is 13.0. The molecule has 0 bridgehead atoms. The Labute approximate surface area is 110 Å². The van der Waals surface area contributed by atoms with Crippen molar-refractivity contribution in [3.05, 3.63) is 35.6 Å². The topological polar surface area (TPSA) is 13.1 Å². The number of benzene rings is 1. The first-order valence-corrected chi connectivity index (χ1v) is 7.33. The Morgan fingerprint density at radius 3 is 2.44 bits per heavy atom. The molecule has 18 heavy (non-hydrogen) atoms. The van der Waals surface area contributed by atoms with Crippen LogP contribution in [0, 0.1) is 6.92 Å². The second-order valence-corrected chi connectivity index (χ2v) is 5.02. The Morgan fingerprint density at radius 2 is 1.72 bits per heavy atom. The van der Waals surface area contributed by atoms with E-state index in [0.717, 1.165) is 5.58 Å². The van der Waals surface area contributed by atoms with E-state index >= 15 is 0 Å². The van der Waals surface area contributed by atoms with Gasteiger partial charge in [0.05, 0.1) is 0 Å². The fraction of sp³-hybridized carbons (Fsp3) is 0.529. The number of hydrogen-bond donors (Lipinski definition) is 0. The van der Waals surface area contributed by atoms with Crippen LogP contribution in [-0.4, -0.2) is 0 Å². The number of fused-ring (bicyclic) bond motifs is 1. The molecule has 1 fully saturated rings. The van der Waals surface area contributed by atoms with E-state index in [1.807, 2.05) is 13.8 Å². The Morgan fingerprint density at radius 1 is 1.00 bits per heavy atom. The van der Waals surface area contributed by atoms with Crippen LogP contribution < -0.4 is 0 Å². The number of rotatable bonds is 1. The number of hydrogen-bond acceptors (Lipinski definition) is 1. The van der Waals surface area contributed by atoms with Crippen molar-refractivity contribution >= 4 is 11.0 Å². The molecule has 1 heterocycles. The van der Waals surface area contributed by atoms with Crippen LogP contribution in [0.4, 0.5) is 0 Å². The van der Waals surface area contributed by atoms with Crippen LogP contribution in [-0.2, 0) is 0 Å². The second-order valence-electron chi connectivity index (χ2n) is 5.02. The normalized spacial score (nSPS) is 16.4. The van der Waals surface area contributed by atoms with E-state index in [4.69, 9.17) is 4.42 Å². The van der Waals surface area contributed by atoms with E-state index in [-0.39, 0.29) is 0 Å². The molecule has 0 radical (unpaired) electrons. The van der Waals surface area contributed by atoms with E-state index in [1.165, 1.54) is 48.8 Å². The minimum absolute atomic E-state index is 0.668. The van der Waals surface area contributed by atoms with Crippen molar-refractivity contribution in [2.75, 3.05) is 0 Å². The fourth-order valence-electron chi connectivity index (χ4n) is 2.77. The molecule has 0 saturated heterocycles. The molecule has 1 aromatic heterocycles. The van der Waals surface area contributed by atoms with Gasteiger partial charge in [-0.1, -0.05) is 44.7 Å². The zero-order valence-electron chi connectivity index (χ0n) is 11.8. The van der Waals surface area contributed by atoms with Crippen molar-refractivity contribution in [2.45, 2.75) is 58.8 Å². The minimum Gasteiger partial charge on any atom is -0.461 e. The molecule has 0 aliphatic heterocycles. The number of aryl methyl sites for hydroxylation is 1. The van der Waals surface area contributed by atoms with Crippen LogP contribution in [0.3, 0.4) is 0 Å². The van der Waals surface area contributed by atoms with Crippen molar-refractivity contribution < 1.29 is 4.42 Å². The van der Waals surface area contributed by atoms with E-state index in [2.05, 4.69) is 31.2 Å². The Balaban J connectivity index is 0.000000574. The van der Waals surface area contributed by atoms with Crippen LogP contribution in [0.25, 0.3) is 11.0 Å². The largest absolute Gasteiger partial charge is 0.461 e.